The smallest absolute Gasteiger partial charge is 0.0932 e. The molecule has 0 spiro atoms. The van der Waals surface area contributed by atoms with Gasteiger partial charge in [0.15, 0.2) is 0 Å². The fourth-order valence-corrected chi connectivity index (χ4v) is 1.40. The Hall–Kier alpha value is -1.35. The highest BCUT2D eigenvalue weighted by atomic mass is 14.9. The molecule has 1 heterocycles. The molecule has 0 saturated heterocycles. The molecule has 0 saturated carbocycles. The summed E-state index contributed by atoms with van der Waals surface area (Å²) >= 11 is 0. The third-order valence-electron chi connectivity index (χ3n) is 2.09. The zero-order valence-electron chi connectivity index (χ0n) is 6.96. The summed E-state index contributed by atoms with van der Waals surface area (Å²) < 4.78 is 0. The fourth-order valence-electron chi connectivity index (χ4n) is 1.40. The Labute approximate surface area is 70.6 Å². The topological polar surface area (TPSA) is 54.7 Å². The standard InChI is InChI=1S/C9H11N3/c1-6-2-3-7(4-10)9-8(6)11-5-12-9/h2-3,5H,4,10H2,1H3,(H,11,12). The third-order valence-corrected chi connectivity index (χ3v) is 2.09. The molecule has 0 amide bonds. The van der Waals surface area contributed by atoms with E-state index >= 15 is 0 Å². The first kappa shape index (κ1) is 7.31. The number of H-pyrrole nitrogens is 1. The van der Waals surface area contributed by atoms with Crippen LogP contribution in [0.25, 0.3) is 11.0 Å². The summed E-state index contributed by atoms with van der Waals surface area (Å²) in [6.07, 6.45) is 1.71. The Morgan fingerprint density at radius 1 is 1.50 bits per heavy atom. The number of aromatic nitrogens is 2. The number of nitrogens with zero attached hydrogens (tertiary/aromatic N) is 1. The average Bonchev–Trinajstić information content (AvgIpc) is 2.54. The lowest BCUT2D eigenvalue weighted by Crippen LogP contribution is -1.97. The predicted molar refractivity (Wildman–Crippen MR) is 48.7 cm³/mol. The SMILES string of the molecule is Cc1ccc(CN)c2[nH]cnc12. The van der Waals surface area contributed by atoms with Gasteiger partial charge in [-0.05, 0) is 18.1 Å². The molecule has 0 atom stereocenters. The van der Waals surface area contributed by atoms with Crippen LogP contribution in [0.4, 0.5) is 0 Å². The number of fused-ring (bicyclic) bond motifs is 1. The molecule has 2 aromatic rings. The second-order valence-corrected chi connectivity index (χ2v) is 2.87. The number of imidazole rings is 1. The van der Waals surface area contributed by atoms with Crippen molar-refractivity contribution in [3.05, 3.63) is 29.6 Å². The molecule has 3 N–H and O–H groups in total. The van der Waals surface area contributed by atoms with Crippen LogP contribution in [-0.2, 0) is 6.54 Å². The van der Waals surface area contributed by atoms with E-state index in [-0.39, 0.29) is 0 Å². The number of hydrogen-bond acceptors (Lipinski definition) is 2. The van der Waals surface area contributed by atoms with Gasteiger partial charge in [0, 0.05) is 6.54 Å². The highest BCUT2D eigenvalue weighted by Gasteiger charge is 2.03. The van der Waals surface area contributed by atoms with Crippen molar-refractivity contribution >= 4 is 11.0 Å². The minimum absolute atomic E-state index is 0.555. The molecule has 12 heavy (non-hydrogen) atoms. The van der Waals surface area contributed by atoms with E-state index < -0.39 is 0 Å². The molecule has 2 rings (SSSR count). The summed E-state index contributed by atoms with van der Waals surface area (Å²) in [5.41, 5.74) is 9.97. The lowest BCUT2D eigenvalue weighted by atomic mass is 10.1. The molecule has 1 aromatic carbocycles. The minimum Gasteiger partial charge on any atom is -0.344 e. The molecule has 0 unspecified atom stereocenters. The number of nitrogens with two attached hydrogens (primary N) is 1. The van der Waals surface area contributed by atoms with E-state index in [0.717, 1.165) is 16.6 Å². The second kappa shape index (κ2) is 2.60. The number of nitrogens with one attached hydrogen (secondary N) is 1. The zero-order chi connectivity index (χ0) is 8.55. The summed E-state index contributed by atoms with van der Waals surface area (Å²) in [4.78, 5) is 7.30. The van der Waals surface area contributed by atoms with Crippen LogP contribution in [0.2, 0.25) is 0 Å². The largest absolute Gasteiger partial charge is 0.344 e. The van der Waals surface area contributed by atoms with Crippen molar-refractivity contribution in [1.29, 1.82) is 0 Å². The summed E-state index contributed by atoms with van der Waals surface area (Å²) in [6, 6.07) is 4.08. The molecular weight excluding hydrogens is 150 g/mol. The molecule has 0 fully saturated rings. The Balaban J connectivity index is 2.82. The van der Waals surface area contributed by atoms with Crippen LogP contribution in [0.5, 0.6) is 0 Å². The molecular formula is C9H11N3. The van der Waals surface area contributed by atoms with Crippen LogP contribution >= 0.6 is 0 Å². The van der Waals surface area contributed by atoms with Gasteiger partial charge in [-0.1, -0.05) is 12.1 Å². The molecule has 1 aromatic heterocycles. The second-order valence-electron chi connectivity index (χ2n) is 2.87. The molecule has 3 heteroatoms. The van der Waals surface area contributed by atoms with E-state index in [1.807, 2.05) is 19.1 Å². The normalized spacial score (nSPS) is 10.8. The van der Waals surface area contributed by atoms with Gasteiger partial charge in [-0.3, -0.25) is 0 Å². The molecule has 0 aliphatic rings. The first-order valence-electron chi connectivity index (χ1n) is 3.94. The van der Waals surface area contributed by atoms with Gasteiger partial charge in [-0.2, -0.15) is 0 Å². The maximum absolute atomic E-state index is 5.58. The third kappa shape index (κ3) is 0.905. The average molecular weight is 161 g/mol. The van der Waals surface area contributed by atoms with Gasteiger partial charge in [0.1, 0.15) is 0 Å². The summed E-state index contributed by atoms with van der Waals surface area (Å²) in [7, 11) is 0. The van der Waals surface area contributed by atoms with E-state index in [2.05, 4.69) is 9.97 Å². The number of hydrogen-bond donors (Lipinski definition) is 2. The van der Waals surface area contributed by atoms with E-state index in [1.54, 1.807) is 6.33 Å². The van der Waals surface area contributed by atoms with E-state index in [9.17, 15) is 0 Å². The first-order chi connectivity index (χ1) is 5.83. The summed E-state index contributed by atoms with van der Waals surface area (Å²) in [5, 5.41) is 0. The fraction of sp³-hybridized carbons (Fsp3) is 0.222. The van der Waals surface area contributed by atoms with Gasteiger partial charge in [0.05, 0.1) is 17.4 Å². The van der Waals surface area contributed by atoms with Crippen LogP contribution < -0.4 is 5.73 Å². The zero-order valence-corrected chi connectivity index (χ0v) is 6.96. The van der Waals surface area contributed by atoms with Crippen molar-refractivity contribution in [1.82, 2.24) is 9.97 Å². The van der Waals surface area contributed by atoms with Crippen LogP contribution in [-0.4, -0.2) is 9.97 Å². The Bertz CT molecular complexity index is 403. The maximum Gasteiger partial charge on any atom is 0.0932 e. The van der Waals surface area contributed by atoms with Gasteiger partial charge in [0.25, 0.3) is 0 Å². The van der Waals surface area contributed by atoms with Gasteiger partial charge in [0.2, 0.25) is 0 Å². The molecule has 3 nitrogen and oxygen atoms in total. The minimum atomic E-state index is 0.555. The lowest BCUT2D eigenvalue weighted by molar-refractivity contribution is 1.08. The molecule has 0 bridgehead atoms. The number of benzene rings is 1. The van der Waals surface area contributed by atoms with Crippen LogP contribution in [0, 0.1) is 6.92 Å². The van der Waals surface area contributed by atoms with Crippen molar-refractivity contribution in [2.75, 3.05) is 0 Å². The molecule has 0 radical (unpaired) electrons. The van der Waals surface area contributed by atoms with Crippen molar-refractivity contribution in [3.63, 3.8) is 0 Å². The van der Waals surface area contributed by atoms with Gasteiger partial charge in [-0.25, -0.2) is 4.98 Å². The highest BCUT2D eigenvalue weighted by molar-refractivity contribution is 5.81. The molecule has 0 aliphatic carbocycles. The quantitative estimate of drug-likeness (QED) is 0.663. The van der Waals surface area contributed by atoms with E-state index in [4.69, 9.17) is 5.73 Å². The summed E-state index contributed by atoms with van der Waals surface area (Å²) in [5.74, 6) is 0. The number of rotatable bonds is 1. The van der Waals surface area contributed by atoms with Crippen LogP contribution in [0.15, 0.2) is 18.5 Å². The van der Waals surface area contributed by atoms with Crippen LogP contribution in [0.3, 0.4) is 0 Å². The monoisotopic (exact) mass is 161 g/mol. The Kier molecular flexibility index (Phi) is 1.59. The van der Waals surface area contributed by atoms with E-state index in [1.165, 1.54) is 5.56 Å². The maximum atomic E-state index is 5.58. The summed E-state index contributed by atoms with van der Waals surface area (Å²) in [6.45, 7) is 2.60. The number of aryl methyl sites for hydroxylation is 1. The molecule has 0 aliphatic heterocycles. The van der Waals surface area contributed by atoms with Crippen molar-refractivity contribution < 1.29 is 0 Å². The van der Waals surface area contributed by atoms with Gasteiger partial charge >= 0.3 is 0 Å². The highest BCUT2D eigenvalue weighted by Crippen LogP contribution is 2.17. The van der Waals surface area contributed by atoms with Crippen molar-refractivity contribution in [2.24, 2.45) is 5.73 Å². The van der Waals surface area contributed by atoms with E-state index in [0.29, 0.717) is 6.54 Å². The molecule has 62 valence electrons. The van der Waals surface area contributed by atoms with Gasteiger partial charge < -0.3 is 10.7 Å². The first-order valence-corrected chi connectivity index (χ1v) is 3.94. The number of aromatic amines is 1. The van der Waals surface area contributed by atoms with Gasteiger partial charge in [-0.15, -0.1) is 0 Å². The Morgan fingerprint density at radius 3 is 3.08 bits per heavy atom. The predicted octanol–water partition coefficient (Wildman–Crippen LogP) is 1.33. The van der Waals surface area contributed by atoms with Crippen LogP contribution in [0.1, 0.15) is 11.1 Å². The van der Waals surface area contributed by atoms with Crippen molar-refractivity contribution in [3.8, 4) is 0 Å². The van der Waals surface area contributed by atoms with Crippen molar-refractivity contribution in [2.45, 2.75) is 13.5 Å². The Morgan fingerprint density at radius 2 is 2.33 bits per heavy atom. The lowest BCUT2D eigenvalue weighted by Gasteiger charge is -2.00.